The second-order valence-corrected chi connectivity index (χ2v) is 5.14. The van der Waals surface area contributed by atoms with E-state index in [-0.39, 0.29) is 5.56 Å². The number of rotatable bonds is 1. The first-order valence-corrected chi connectivity index (χ1v) is 6.18. The Morgan fingerprint density at radius 3 is 2.88 bits per heavy atom. The second-order valence-electron chi connectivity index (χ2n) is 4.28. The molecule has 1 saturated heterocycles. The molecule has 0 N–H and O–H groups in total. The zero-order valence-corrected chi connectivity index (χ0v) is 10.9. The molecule has 0 amide bonds. The minimum Gasteiger partial charge on any atom is -0.380 e. The summed E-state index contributed by atoms with van der Waals surface area (Å²) in [5, 5.41) is 1.57. The van der Waals surface area contributed by atoms with Crippen LogP contribution in [0.3, 0.4) is 0 Å². The van der Waals surface area contributed by atoms with Gasteiger partial charge >= 0.3 is 0 Å². The molecule has 0 bridgehead atoms. The Hall–Kier alpha value is -1.20. The largest absolute Gasteiger partial charge is 0.380 e. The zero-order valence-electron chi connectivity index (χ0n) is 9.31. The Balaban J connectivity index is 2.25. The lowest BCUT2D eigenvalue weighted by atomic mass is 10.0. The van der Waals surface area contributed by atoms with Gasteiger partial charge in [-0.25, -0.2) is 0 Å². The average molecular weight is 295 g/mol. The van der Waals surface area contributed by atoms with Gasteiger partial charge < -0.3 is 9.30 Å². The first-order chi connectivity index (χ1) is 8.16. The number of aromatic nitrogens is 2. The van der Waals surface area contributed by atoms with Crippen molar-refractivity contribution in [2.24, 2.45) is 7.05 Å². The first kappa shape index (κ1) is 10.9. The first-order valence-electron chi connectivity index (χ1n) is 5.39. The lowest BCUT2D eigenvalue weighted by Crippen LogP contribution is -2.26. The summed E-state index contributed by atoms with van der Waals surface area (Å²) >= 11 is 3.49. The molecule has 0 unspecified atom stereocenters. The van der Waals surface area contributed by atoms with Crippen LogP contribution in [-0.4, -0.2) is 22.8 Å². The van der Waals surface area contributed by atoms with Gasteiger partial charge in [0.15, 0.2) is 0 Å². The standard InChI is InChI=1S/C12H11BrN2O2/c1-15-4-10(13)8-2-11(7-5-17-6-7)14-3-9(8)12(15)16/h2-4,7H,5-6H2,1H3. The van der Waals surface area contributed by atoms with E-state index in [2.05, 4.69) is 20.9 Å². The van der Waals surface area contributed by atoms with Crippen LogP contribution in [-0.2, 0) is 11.8 Å². The highest BCUT2D eigenvalue weighted by molar-refractivity contribution is 9.10. The quantitative estimate of drug-likeness (QED) is 0.806. The van der Waals surface area contributed by atoms with E-state index >= 15 is 0 Å². The van der Waals surface area contributed by atoms with Crippen molar-refractivity contribution in [3.63, 3.8) is 0 Å². The summed E-state index contributed by atoms with van der Waals surface area (Å²) in [5.41, 5.74) is 0.977. The summed E-state index contributed by atoms with van der Waals surface area (Å²) in [5.74, 6) is 0.371. The predicted octanol–water partition coefficient (Wildman–Crippen LogP) is 1.81. The van der Waals surface area contributed by atoms with Crippen LogP contribution in [0.2, 0.25) is 0 Å². The van der Waals surface area contributed by atoms with E-state index in [9.17, 15) is 4.79 Å². The van der Waals surface area contributed by atoms with Crippen LogP contribution in [0.4, 0.5) is 0 Å². The smallest absolute Gasteiger partial charge is 0.259 e. The molecule has 1 aliphatic heterocycles. The summed E-state index contributed by atoms with van der Waals surface area (Å²) in [4.78, 5) is 16.3. The minimum atomic E-state index is -0.0212. The summed E-state index contributed by atoms with van der Waals surface area (Å²) in [7, 11) is 1.74. The molecule has 3 heterocycles. The Bertz CT molecular complexity index is 647. The van der Waals surface area contributed by atoms with Crippen LogP contribution < -0.4 is 5.56 Å². The van der Waals surface area contributed by atoms with Crippen molar-refractivity contribution in [2.45, 2.75) is 5.92 Å². The Labute approximate surface area is 106 Å². The van der Waals surface area contributed by atoms with E-state index in [4.69, 9.17) is 4.74 Å². The monoisotopic (exact) mass is 294 g/mol. The van der Waals surface area contributed by atoms with Crippen LogP contribution >= 0.6 is 15.9 Å². The molecule has 4 nitrogen and oxygen atoms in total. The molecular formula is C12H11BrN2O2. The molecule has 1 fully saturated rings. The van der Waals surface area contributed by atoms with Gasteiger partial charge in [-0.3, -0.25) is 9.78 Å². The van der Waals surface area contributed by atoms with Crippen LogP contribution in [0.15, 0.2) is 27.7 Å². The van der Waals surface area contributed by atoms with Gasteiger partial charge in [-0.05, 0) is 22.0 Å². The van der Waals surface area contributed by atoms with Crippen molar-refractivity contribution in [3.8, 4) is 0 Å². The summed E-state index contributed by atoms with van der Waals surface area (Å²) in [6.07, 6.45) is 3.45. The van der Waals surface area contributed by atoms with E-state index < -0.39 is 0 Å². The van der Waals surface area contributed by atoms with Crippen molar-refractivity contribution in [2.75, 3.05) is 13.2 Å². The van der Waals surface area contributed by atoms with Crippen molar-refractivity contribution < 1.29 is 4.74 Å². The Morgan fingerprint density at radius 1 is 1.47 bits per heavy atom. The molecule has 0 aliphatic carbocycles. The fraction of sp³-hybridized carbons (Fsp3) is 0.333. The van der Waals surface area contributed by atoms with Crippen LogP contribution in [0.5, 0.6) is 0 Å². The molecule has 0 radical (unpaired) electrons. The third-order valence-electron chi connectivity index (χ3n) is 3.10. The molecule has 2 aromatic heterocycles. The molecule has 0 aromatic carbocycles. The predicted molar refractivity (Wildman–Crippen MR) is 68.2 cm³/mol. The molecule has 0 spiro atoms. The fourth-order valence-electron chi connectivity index (χ4n) is 1.96. The number of halogens is 1. The Morgan fingerprint density at radius 2 is 2.24 bits per heavy atom. The van der Waals surface area contributed by atoms with E-state index in [0.717, 1.165) is 28.8 Å². The SMILES string of the molecule is Cn1cc(Br)c2cc(C3COC3)ncc2c1=O. The van der Waals surface area contributed by atoms with Gasteiger partial charge in [-0.2, -0.15) is 0 Å². The van der Waals surface area contributed by atoms with Gasteiger partial charge in [-0.15, -0.1) is 0 Å². The third kappa shape index (κ3) is 1.70. The van der Waals surface area contributed by atoms with Gasteiger partial charge in [-0.1, -0.05) is 0 Å². The molecule has 17 heavy (non-hydrogen) atoms. The maximum Gasteiger partial charge on any atom is 0.259 e. The van der Waals surface area contributed by atoms with Crippen molar-refractivity contribution >= 4 is 26.7 Å². The van der Waals surface area contributed by atoms with Gasteiger partial charge in [0.05, 0.1) is 18.6 Å². The second kappa shape index (κ2) is 3.92. The van der Waals surface area contributed by atoms with Crippen LogP contribution in [0.1, 0.15) is 11.6 Å². The highest BCUT2D eigenvalue weighted by atomic mass is 79.9. The van der Waals surface area contributed by atoms with E-state index in [0.29, 0.717) is 11.3 Å². The summed E-state index contributed by atoms with van der Waals surface area (Å²) in [6.45, 7) is 1.45. The van der Waals surface area contributed by atoms with E-state index in [1.807, 2.05) is 6.07 Å². The van der Waals surface area contributed by atoms with Gasteiger partial charge in [0.25, 0.3) is 5.56 Å². The Kier molecular flexibility index (Phi) is 2.52. The van der Waals surface area contributed by atoms with Gasteiger partial charge in [0.1, 0.15) is 0 Å². The minimum absolute atomic E-state index is 0.0212. The molecular weight excluding hydrogens is 284 g/mol. The van der Waals surface area contributed by atoms with Gasteiger partial charge in [0, 0.05) is 40.9 Å². The summed E-state index contributed by atoms with van der Waals surface area (Å²) in [6, 6.07) is 1.98. The fourth-order valence-corrected chi connectivity index (χ4v) is 2.59. The molecule has 1 aliphatic rings. The molecule has 5 heteroatoms. The van der Waals surface area contributed by atoms with E-state index in [1.54, 1.807) is 24.0 Å². The molecule has 2 aromatic rings. The topological polar surface area (TPSA) is 44.1 Å². The van der Waals surface area contributed by atoms with Crippen LogP contribution in [0, 0.1) is 0 Å². The lowest BCUT2D eigenvalue weighted by Gasteiger charge is -2.25. The number of ether oxygens (including phenoxy) is 1. The number of fused-ring (bicyclic) bond motifs is 1. The van der Waals surface area contributed by atoms with Crippen molar-refractivity contribution in [1.82, 2.24) is 9.55 Å². The molecule has 0 atom stereocenters. The average Bonchev–Trinajstić information content (AvgIpc) is 2.24. The lowest BCUT2D eigenvalue weighted by molar-refractivity contribution is 0.00678. The third-order valence-corrected chi connectivity index (χ3v) is 3.73. The molecule has 0 saturated carbocycles. The van der Waals surface area contributed by atoms with Crippen molar-refractivity contribution in [3.05, 3.63) is 39.0 Å². The van der Waals surface area contributed by atoms with Crippen molar-refractivity contribution in [1.29, 1.82) is 0 Å². The molecule has 88 valence electrons. The number of pyridine rings is 2. The highest BCUT2D eigenvalue weighted by Gasteiger charge is 2.22. The van der Waals surface area contributed by atoms with E-state index in [1.165, 1.54) is 0 Å². The van der Waals surface area contributed by atoms with Crippen LogP contribution in [0.25, 0.3) is 10.8 Å². The number of hydrogen-bond acceptors (Lipinski definition) is 3. The number of aryl methyl sites for hydroxylation is 1. The maximum absolute atomic E-state index is 11.9. The summed E-state index contributed by atoms with van der Waals surface area (Å²) < 4.78 is 7.63. The number of hydrogen-bond donors (Lipinski definition) is 0. The molecule has 3 rings (SSSR count). The number of nitrogens with zero attached hydrogens (tertiary/aromatic N) is 2. The normalized spacial score (nSPS) is 16.1. The zero-order chi connectivity index (χ0) is 12.0. The highest BCUT2D eigenvalue weighted by Crippen LogP contribution is 2.27. The van der Waals surface area contributed by atoms with Gasteiger partial charge in [0.2, 0.25) is 0 Å². The maximum atomic E-state index is 11.9.